The van der Waals surface area contributed by atoms with E-state index in [0.29, 0.717) is 16.7 Å². The Balaban J connectivity index is 1.54. The maximum atomic E-state index is 12.4. The fourth-order valence-electron chi connectivity index (χ4n) is 3.34. The summed E-state index contributed by atoms with van der Waals surface area (Å²) >= 11 is 3.28. The number of carbonyl (C=O) groups excluding carboxylic acids is 1. The second kappa shape index (κ2) is 8.70. The minimum absolute atomic E-state index is 0.0209. The van der Waals surface area contributed by atoms with Crippen LogP contribution in [0.25, 0.3) is 0 Å². The molecule has 2 aromatic carbocycles. The quantitative estimate of drug-likeness (QED) is 0.558. The molecule has 1 saturated heterocycles. The van der Waals surface area contributed by atoms with Gasteiger partial charge in [-0.3, -0.25) is 19.8 Å². The average molecular weight is 447 g/mol. The minimum Gasteiger partial charge on any atom is -0.369 e. The molecule has 1 fully saturated rings. The highest BCUT2D eigenvalue weighted by atomic mass is 79.9. The SMILES string of the molecule is Cc1cccc(N2CCN(CC(=O)Nc3ccc([N+](=O)[O-])cc3Br)CC2)c1C. The summed E-state index contributed by atoms with van der Waals surface area (Å²) in [5, 5.41) is 13.6. The molecule has 0 spiro atoms. The third kappa shape index (κ3) is 4.69. The number of halogens is 1. The molecule has 8 heteroatoms. The van der Waals surface area contributed by atoms with Gasteiger partial charge in [0.15, 0.2) is 0 Å². The highest BCUT2D eigenvalue weighted by molar-refractivity contribution is 9.10. The number of nitro groups is 1. The van der Waals surface area contributed by atoms with Crippen LogP contribution in [0.4, 0.5) is 17.1 Å². The van der Waals surface area contributed by atoms with E-state index in [1.54, 1.807) is 6.07 Å². The lowest BCUT2D eigenvalue weighted by Crippen LogP contribution is -2.48. The van der Waals surface area contributed by atoms with Crippen LogP contribution in [0.2, 0.25) is 0 Å². The van der Waals surface area contributed by atoms with Gasteiger partial charge in [-0.15, -0.1) is 0 Å². The van der Waals surface area contributed by atoms with Gasteiger partial charge in [0.25, 0.3) is 5.69 Å². The number of aryl methyl sites for hydroxylation is 1. The lowest BCUT2D eigenvalue weighted by molar-refractivity contribution is -0.384. The molecule has 0 bridgehead atoms. The zero-order valence-corrected chi connectivity index (χ0v) is 17.5. The standard InChI is InChI=1S/C20H23BrN4O3/c1-14-4-3-5-19(15(14)2)24-10-8-23(9-11-24)13-20(26)22-18-7-6-16(25(27)28)12-17(18)21/h3-7,12H,8-11,13H2,1-2H3,(H,22,26). The summed E-state index contributed by atoms with van der Waals surface area (Å²) in [7, 11) is 0. The third-order valence-corrected chi connectivity index (χ3v) is 5.75. The summed E-state index contributed by atoms with van der Waals surface area (Å²) in [6, 6.07) is 10.7. The Hall–Kier alpha value is -2.45. The van der Waals surface area contributed by atoms with Crippen molar-refractivity contribution in [3.05, 3.63) is 62.1 Å². The van der Waals surface area contributed by atoms with E-state index in [0.717, 1.165) is 26.2 Å². The number of hydrogen-bond donors (Lipinski definition) is 1. The van der Waals surface area contributed by atoms with Crippen molar-refractivity contribution in [2.45, 2.75) is 13.8 Å². The average Bonchev–Trinajstić information content (AvgIpc) is 2.66. The molecule has 0 unspecified atom stereocenters. The van der Waals surface area contributed by atoms with Gasteiger partial charge < -0.3 is 10.2 Å². The molecular formula is C20H23BrN4O3. The molecule has 0 radical (unpaired) electrons. The van der Waals surface area contributed by atoms with E-state index in [1.165, 1.54) is 28.9 Å². The van der Waals surface area contributed by atoms with Crippen LogP contribution in [-0.4, -0.2) is 48.5 Å². The summed E-state index contributed by atoms with van der Waals surface area (Å²) in [5.41, 5.74) is 4.36. The Morgan fingerprint density at radius 3 is 2.54 bits per heavy atom. The number of hydrogen-bond acceptors (Lipinski definition) is 5. The van der Waals surface area contributed by atoms with Crippen LogP contribution in [0.1, 0.15) is 11.1 Å². The molecule has 148 valence electrons. The van der Waals surface area contributed by atoms with Gasteiger partial charge in [-0.05, 0) is 53.0 Å². The number of anilines is 2. The Labute approximate surface area is 172 Å². The molecule has 28 heavy (non-hydrogen) atoms. The van der Waals surface area contributed by atoms with Crippen molar-refractivity contribution < 1.29 is 9.72 Å². The highest BCUT2D eigenvalue weighted by Crippen LogP contribution is 2.27. The molecule has 1 aliphatic heterocycles. The second-order valence-corrected chi connectivity index (χ2v) is 7.81. The number of carbonyl (C=O) groups is 1. The van der Waals surface area contributed by atoms with Gasteiger partial charge >= 0.3 is 0 Å². The first-order chi connectivity index (χ1) is 13.3. The summed E-state index contributed by atoms with van der Waals surface area (Å²) in [6.45, 7) is 7.93. The summed E-state index contributed by atoms with van der Waals surface area (Å²) in [5.74, 6) is -0.130. The van der Waals surface area contributed by atoms with Crippen LogP contribution in [0.15, 0.2) is 40.9 Å². The number of piperazine rings is 1. The van der Waals surface area contributed by atoms with Crippen LogP contribution in [0.3, 0.4) is 0 Å². The van der Waals surface area contributed by atoms with Crippen molar-refractivity contribution >= 4 is 38.9 Å². The smallest absolute Gasteiger partial charge is 0.270 e. The van der Waals surface area contributed by atoms with Crippen LogP contribution in [0, 0.1) is 24.0 Å². The number of nitro benzene ring substituents is 1. The Kier molecular flexibility index (Phi) is 6.31. The van der Waals surface area contributed by atoms with Gasteiger partial charge in [-0.25, -0.2) is 0 Å². The van der Waals surface area contributed by atoms with E-state index >= 15 is 0 Å². The first kappa shape index (κ1) is 20.3. The van der Waals surface area contributed by atoms with Crippen molar-refractivity contribution in [1.29, 1.82) is 0 Å². The zero-order chi connectivity index (χ0) is 20.3. The molecule has 0 aliphatic carbocycles. The van der Waals surface area contributed by atoms with Crippen LogP contribution >= 0.6 is 15.9 Å². The van der Waals surface area contributed by atoms with E-state index in [4.69, 9.17) is 0 Å². The van der Waals surface area contributed by atoms with Crippen LogP contribution in [0.5, 0.6) is 0 Å². The van der Waals surface area contributed by atoms with Crippen molar-refractivity contribution in [1.82, 2.24) is 4.90 Å². The second-order valence-electron chi connectivity index (χ2n) is 6.95. The number of amides is 1. The van der Waals surface area contributed by atoms with Crippen LogP contribution in [-0.2, 0) is 4.79 Å². The van der Waals surface area contributed by atoms with Gasteiger partial charge in [0.05, 0.1) is 17.2 Å². The molecule has 0 aromatic heterocycles. The molecule has 3 rings (SSSR count). The number of nitrogens with one attached hydrogen (secondary N) is 1. The van der Waals surface area contributed by atoms with Gasteiger partial charge in [0.2, 0.25) is 5.91 Å². The number of rotatable bonds is 5. The minimum atomic E-state index is -0.466. The van der Waals surface area contributed by atoms with Crippen LogP contribution < -0.4 is 10.2 Å². The lowest BCUT2D eigenvalue weighted by Gasteiger charge is -2.36. The summed E-state index contributed by atoms with van der Waals surface area (Å²) < 4.78 is 0.495. The van der Waals surface area contributed by atoms with E-state index in [-0.39, 0.29) is 11.6 Å². The van der Waals surface area contributed by atoms with E-state index in [2.05, 4.69) is 63.1 Å². The van der Waals surface area contributed by atoms with Crippen molar-refractivity contribution in [2.24, 2.45) is 0 Å². The molecular weight excluding hydrogens is 424 g/mol. The molecule has 1 heterocycles. The van der Waals surface area contributed by atoms with Gasteiger partial charge in [0, 0.05) is 48.5 Å². The first-order valence-electron chi connectivity index (χ1n) is 9.12. The molecule has 0 atom stereocenters. The van der Waals surface area contributed by atoms with Gasteiger partial charge in [-0.1, -0.05) is 12.1 Å². The molecule has 0 saturated carbocycles. The predicted molar refractivity (Wildman–Crippen MR) is 114 cm³/mol. The Morgan fingerprint density at radius 1 is 1.18 bits per heavy atom. The zero-order valence-electron chi connectivity index (χ0n) is 15.9. The van der Waals surface area contributed by atoms with Gasteiger partial charge in [-0.2, -0.15) is 0 Å². The maximum Gasteiger partial charge on any atom is 0.270 e. The number of nitrogens with zero attached hydrogens (tertiary/aromatic N) is 3. The van der Waals surface area contributed by atoms with Crippen molar-refractivity contribution in [3.63, 3.8) is 0 Å². The number of benzene rings is 2. The fraction of sp³-hybridized carbons (Fsp3) is 0.350. The number of non-ortho nitro benzene ring substituents is 1. The third-order valence-electron chi connectivity index (χ3n) is 5.09. The Morgan fingerprint density at radius 2 is 1.89 bits per heavy atom. The molecule has 2 aromatic rings. The van der Waals surface area contributed by atoms with E-state index in [1.807, 2.05) is 0 Å². The predicted octanol–water partition coefficient (Wildman–Crippen LogP) is 3.73. The van der Waals surface area contributed by atoms with Crippen molar-refractivity contribution in [2.75, 3.05) is 42.9 Å². The normalized spacial score (nSPS) is 14.8. The molecule has 1 amide bonds. The molecule has 1 N–H and O–H groups in total. The maximum absolute atomic E-state index is 12.4. The first-order valence-corrected chi connectivity index (χ1v) is 9.92. The fourth-order valence-corrected chi connectivity index (χ4v) is 3.80. The largest absolute Gasteiger partial charge is 0.369 e. The summed E-state index contributed by atoms with van der Waals surface area (Å²) in [4.78, 5) is 27.2. The highest BCUT2D eigenvalue weighted by Gasteiger charge is 2.21. The van der Waals surface area contributed by atoms with Gasteiger partial charge in [0.1, 0.15) is 0 Å². The monoisotopic (exact) mass is 446 g/mol. The van der Waals surface area contributed by atoms with Crippen molar-refractivity contribution in [3.8, 4) is 0 Å². The lowest BCUT2D eigenvalue weighted by atomic mass is 10.1. The molecule has 7 nitrogen and oxygen atoms in total. The Bertz CT molecular complexity index is 895. The molecule has 1 aliphatic rings. The topological polar surface area (TPSA) is 78.7 Å². The van der Waals surface area contributed by atoms with E-state index < -0.39 is 4.92 Å². The summed E-state index contributed by atoms with van der Waals surface area (Å²) in [6.07, 6.45) is 0. The van der Waals surface area contributed by atoms with E-state index in [9.17, 15) is 14.9 Å².